The fourth-order valence-electron chi connectivity index (χ4n) is 1.79. The van der Waals surface area contributed by atoms with Crippen LogP contribution in [0.15, 0.2) is 18.2 Å². The highest BCUT2D eigenvalue weighted by molar-refractivity contribution is 6.33. The molecule has 7 heteroatoms. The number of hydrogen-bond acceptors (Lipinski definition) is 4. The number of aliphatic hydroxyl groups is 1. The summed E-state index contributed by atoms with van der Waals surface area (Å²) in [5.41, 5.74) is 0.0712. The minimum Gasteiger partial charge on any atom is -0.396 e. The molecule has 0 fully saturated rings. The lowest BCUT2D eigenvalue weighted by atomic mass is 10.1. The van der Waals surface area contributed by atoms with Crippen LogP contribution in [-0.4, -0.2) is 40.0 Å². The third-order valence-corrected chi connectivity index (χ3v) is 3.14. The zero-order valence-electron chi connectivity index (χ0n) is 11.4. The van der Waals surface area contributed by atoms with Crippen molar-refractivity contribution in [1.29, 1.82) is 0 Å². The molecule has 0 aromatic heterocycles. The Morgan fingerprint density at radius 1 is 1.50 bits per heavy atom. The van der Waals surface area contributed by atoms with Crippen LogP contribution in [0.25, 0.3) is 0 Å². The van der Waals surface area contributed by atoms with Crippen molar-refractivity contribution < 1.29 is 14.8 Å². The number of carbonyl (C=O) groups excluding carboxylic acids is 1. The maximum Gasteiger partial charge on any atom is 0.287 e. The Morgan fingerprint density at radius 3 is 2.60 bits per heavy atom. The molecule has 0 unspecified atom stereocenters. The zero-order valence-corrected chi connectivity index (χ0v) is 12.1. The van der Waals surface area contributed by atoms with E-state index in [1.807, 2.05) is 13.8 Å². The number of benzene rings is 1. The number of nitro benzene ring substituents is 1. The van der Waals surface area contributed by atoms with Gasteiger partial charge in [-0.1, -0.05) is 11.6 Å². The van der Waals surface area contributed by atoms with Crippen LogP contribution in [0.3, 0.4) is 0 Å². The van der Waals surface area contributed by atoms with E-state index in [2.05, 4.69) is 0 Å². The van der Waals surface area contributed by atoms with Crippen molar-refractivity contribution in [2.75, 3.05) is 13.2 Å². The molecule has 1 N–H and O–H groups in total. The molecule has 0 saturated heterocycles. The number of nitro groups is 1. The van der Waals surface area contributed by atoms with Crippen LogP contribution >= 0.6 is 11.6 Å². The first-order valence-electron chi connectivity index (χ1n) is 6.24. The summed E-state index contributed by atoms with van der Waals surface area (Å²) in [5.74, 6) is -0.259. The molecular formula is C13H17ClN2O4. The summed E-state index contributed by atoms with van der Waals surface area (Å²) < 4.78 is 0. The van der Waals surface area contributed by atoms with Crippen molar-refractivity contribution in [3.8, 4) is 0 Å². The van der Waals surface area contributed by atoms with Gasteiger partial charge >= 0.3 is 0 Å². The topological polar surface area (TPSA) is 83.7 Å². The van der Waals surface area contributed by atoms with Gasteiger partial charge in [0.1, 0.15) is 5.02 Å². The molecule has 6 nitrogen and oxygen atoms in total. The maximum atomic E-state index is 12.3. The summed E-state index contributed by atoms with van der Waals surface area (Å²) >= 11 is 5.80. The zero-order chi connectivity index (χ0) is 15.3. The number of rotatable bonds is 6. The molecule has 1 aromatic carbocycles. The van der Waals surface area contributed by atoms with E-state index in [1.54, 1.807) is 4.90 Å². The second-order valence-electron chi connectivity index (χ2n) is 4.59. The van der Waals surface area contributed by atoms with Crippen LogP contribution in [0.1, 0.15) is 30.6 Å². The normalized spacial score (nSPS) is 10.7. The van der Waals surface area contributed by atoms with Crippen molar-refractivity contribution in [2.45, 2.75) is 26.3 Å². The number of aliphatic hydroxyl groups excluding tert-OH is 1. The van der Waals surface area contributed by atoms with E-state index < -0.39 is 4.92 Å². The first kappa shape index (κ1) is 16.4. The van der Waals surface area contributed by atoms with Crippen LogP contribution in [0, 0.1) is 10.1 Å². The standard InChI is InChI=1S/C13H17ClN2O4/c1-9(2)15(6-3-7-17)13(18)10-4-5-12(16(19)20)11(14)8-10/h4-5,8-9,17H,3,6-7H2,1-2H3. The van der Waals surface area contributed by atoms with Gasteiger partial charge in [0.25, 0.3) is 11.6 Å². The Bertz CT molecular complexity index is 505. The molecule has 0 saturated carbocycles. The Morgan fingerprint density at radius 2 is 2.15 bits per heavy atom. The van der Waals surface area contributed by atoms with Gasteiger partial charge in [-0.05, 0) is 32.4 Å². The van der Waals surface area contributed by atoms with Crippen LogP contribution in [0.2, 0.25) is 5.02 Å². The molecule has 110 valence electrons. The molecule has 1 aromatic rings. The molecule has 1 amide bonds. The third kappa shape index (κ3) is 3.91. The second kappa shape index (κ2) is 7.21. The van der Waals surface area contributed by atoms with E-state index in [4.69, 9.17) is 16.7 Å². The number of carbonyl (C=O) groups is 1. The first-order valence-corrected chi connectivity index (χ1v) is 6.62. The summed E-state index contributed by atoms with van der Waals surface area (Å²) in [7, 11) is 0. The lowest BCUT2D eigenvalue weighted by Gasteiger charge is -2.26. The maximum absolute atomic E-state index is 12.3. The van der Waals surface area contributed by atoms with Crippen molar-refractivity contribution in [3.05, 3.63) is 38.9 Å². The van der Waals surface area contributed by atoms with Gasteiger partial charge in [-0.15, -0.1) is 0 Å². The van der Waals surface area contributed by atoms with Crippen molar-refractivity contribution in [2.24, 2.45) is 0 Å². The molecule has 0 aliphatic heterocycles. The SMILES string of the molecule is CC(C)N(CCCO)C(=O)c1ccc([N+](=O)[O-])c(Cl)c1. The van der Waals surface area contributed by atoms with Gasteiger partial charge in [0, 0.05) is 30.8 Å². The van der Waals surface area contributed by atoms with E-state index >= 15 is 0 Å². The first-order chi connectivity index (χ1) is 9.38. The predicted molar refractivity (Wildman–Crippen MR) is 76.0 cm³/mol. The van der Waals surface area contributed by atoms with Crippen LogP contribution < -0.4 is 0 Å². The molecule has 0 bridgehead atoms. The Hall–Kier alpha value is -1.66. The molecule has 1 rings (SSSR count). The van der Waals surface area contributed by atoms with Gasteiger partial charge < -0.3 is 10.0 Å². The quantitative estimate of drug-likeness (QED) is 0.646. The van der Waals surface area contributed by atoms with Crippen molar-refractivity contribution in [1.82, 2.24) is 4.90 Å². The summed E-state index contributed by atoms with van der Waals surface area (Å²) in [5, 5.41) is 19.5. The van der Waals surface area contributed by atoms with Gasteiger partial charge in [-0.3, -0.25) is 14.9 Å². The molecule has 0 spiro atoms. The highest BCUT2D eigenvalue weighted by Gasteiger charge is 2.21. The monoisotopic (exact) mass is 300 g/mol. The summed E-state index contributed by atoms with van der Waals surface area (Å²) in [6.45, 7) is 4.14. The van der Waals surface area contributed by atoms with Gasteiger partial charge in [-0.25, -0.2) is 0 Å². The number of halogens is 1. The summed E-state index contributed by atoms with van der Waals surface area (Å²) in [6.07, 6.45) is 0.477. The highest BCUT2D eigenvalue weighted by atomic mass is 35.5. The summed E-state index contributed by atoms with van der Waals surface area (Å²) in [4.78, 5) is 24.0. The molecule has 0 aliphatic rings. The van der Waals surface area contributed by atoms with E-state index in [1.165, 1.54) is 18.2 Å². The van der Waals surface area contributed by atoms with Gasteiger partial charge in [0.2, 0.25) is 0 Å². The van der Waals surface area contributed by atoms with E-state index in [0.29, 0.717) is 18.5 Å². The fourth-order valence-corrected chi connectivity index (χ4v) is 2.04. The molecule has 0 radical (unpaired) electrons. The third-order valence-electron chi connectivity index (χ3n) is 2.83. The Kier molecular flexibility index (Phi) is 5.91. The Labute approximate surface area is 122 Å². The smallest absolute Gasteiger partial charge is 0.287 e. The van der Waals surface area contributed by atoms with Crippen LogP contribution in [0.5, 0.6) is 0 Å². The largest absolute Gasteiger partial charge is 0.396 e. The van der Waals surface area contributed by atoms with Crippen molar-refractivity contribution in [3.63, 3.8) is 0 Å². The van der Waals surface area contributed by atoms with Crippen molar-refractivity contribution >= 4 is 23.2 Å². The lowest BCUT2D eigenvalue weighted by molar-refractivity contribution is -0.384. The van der Waals surface area contributed by atoms with E-state index in [-0.39, 0.29) is 29.3 Å². The molecule has 0 atom stereocenters. The van der Waals surface area contributed by atoms with Gasteiger partial charge in [0.15, 0.2) is 0 Å². The van der Waals surface area contributed by atoms with E-state index in [9.17, 15) is 14.9 Å². The average Bonchev–Trinajstić information content (AvgIpc) is 2.37. The second-order valence-corrected chi connectivity index (χ2v) is 5.00. The Balaban J connectivity index is 3.00. The van der Waals surface area contributed by atoms with Gasteiger partial charge in [-0.2, -0.15) is 0 Å². The number of hydrogen-bond donors (Lipinski definition) is 1. The van der Waals surface area contributed by atoms with Crippen LogP contribution in [0.4, 0.5) is 5.69 Å². The molecule has 20 heavy (non-hydrogen) atoms. The minimum absolute atomic E-state index is 0.00246. The number of amides is 1. The fraction of sp³-hybridized carbons (Fsp3) is 0.462. The predicted octanol–water partition coefficient (Wildman–Crippen LogP) is 2.48. The number of nitrogens with zero attached hydrogens (tertiary/aromatic N) is 2. The molecule has 0 aliphatic carbocycles. The van der Waals surface area contributed by atoms with E-state index in [0.717, 1.165) is 0 Å². The average molecular weight is 301 g/mol. The van der Waals surface area contributed by atoms with Crippen LogP contribution in [-0.2, 0) is 0 Å². The highest BCUT2D eigenvalue weighted by Crippen LogP contribution is 2.25. The molecule has 0 heterocycles. The van der Waals surface area contributed by atoms with Gasteiger partial charge in [0.05, 0.1) is 4.92 Å². The minimum atomic E-state index is -0.595. The summed E-state index contributed by atoms with van der Waals surface area (Å²) in [6, 6.07) is 3.87. The lowest BCUT2D eigenvalue weighted by Crippen LogP contribution is -2.38. The molecular weight excluding hydrogens is 284 g/mol.